The first-order valence-corrected chi connectivity index (χ1v) is 6.81. The second kappa shape index (κ2) is 6.75. The van der Waals surface area contributed by atoms with Crippen molar-refractivity contribution in [2.45, 2.75) is 45.6 Å². The smallest absolute Gasteiger partial charge is 0.326 e. The predicted molar refractivity (Wildman–Crippen MR) is 70.9 cm³/mol. The number of carbonyl (C=O) groups excluding carboxylic acids is 1. The van der Waals surface area contributed by atoms with Crippen LogP contribution in [0.25, 0.3) is 0 Å². The van der Waals surface area contributed by atoms with Crippen LogP contribution >= 0.6 is 0 Å². The average molecular weight is 272 g/mol. The summed E-state index contributed by atoms with van der Waals surface area (Å²) in [6, 6.07) is -1.36. The molecule has 0 unspecified atom stereocenters. The van der Waals surface area contributed by atoms with Gasteiger partial charge in [-0.3, -0.25) is 0 Å². The third-order valence-corrected chi connectivity index (χ3v) is 4.12. The molecule has 1 fully saturated rings. The molecule has 0 aromatic heterocycles. The van der Waals surface area contributed by atoms with Crippen molar-refractivity contribution in [3.63, 3.8) is 0 Å². The zero-order chi connectivity index (χ0) is 14.5. The van der Waals surface area contributed by atoms with E-state index in [-0.39, 0.29) is 24.5 Å². The minimum atomic E-state index is -1.11. The van der Waals surface area contributed by atoms with E-state index in [1.54, 1.807) is 4.90 Å². The van der Waals surface area contributed by atoms with Gasteiger partial charge >= 0.3 is 12.0 Å². The number of carbonyl (C=O) groups is 2. The Balaban J connectivity index is 2.49. The van der Waals surface area contributed by atoms with Gasteiger partial charge in [-0.1, -0.05) is 20.3 Å². The van der Waals surface area contributed by atoms with E-state index in [9.17, 15) is 9.59 Å². The zero-order valence-electron chi connectivity index (χ0n) is 11.7. The van der Waals surface area contributed by atoms with E-state index in [2.05, 4.69) is 19.2 Å². The lowest BCUT2D eigenvalue weighted by Gasteiger charge is -2.39. The van der Waals surface area contributed by atoms with E-state index < -0.39 is 12.0 Å². The van der Waals surface area contributed by atoms with Crippen molar-refractivity contribution in [1.29, 1.82) is 0 Å². The number of aliphatic hydroxyl groups is 1. The molecule has 1 rings (SSSR count). The van der Waals surface area contributed by atoms with Gasteiger partial charge in [0.15, 0.2) is 0 Å². The number of hydrogen-bond donors (Lipinski definition) is 3. The van der Waals surface area contributed by atoms with Gasteiger partial charge in [0.25, 0.3) is 0 Å². The van der Waals surface area contributed by atoms with Crippen molar-refractivity contribution in [3.05, 3.63) is 0 Å². The number of aliphatic carboxylic acids is 1. The van der Waals surface area contributed by atoms with Crippen LogP contribution < -0.4 is 5.32 Å². The Labute approximate surface area is 113 Å². The van der Waals surface area contributed by atoms with Gasteiger partial charge in [0.2, 0.25) is 0 Å². The number of nitrogens with zero attached hydrogens (tertiary/aromatic N) is 1. The first-order valence-electron chi connectivity index (χ1n) is 6.81. The molecule has 19 heavy (non-hydrogen) atoms. The summed E-state index contributed by atoms with van der Waals surface area (Å²) < 4.78 is 0. The molecular weight excluding hydrogens is 248 g/mol. The lowest BCUT2D eigenvalue weighted by molar-refractivity contribution is -0.139. The Morgan fingerprint density at radius 3 is 2.37 bits per heavy atom. The van der Waals surface area contributed by atoms with Crippen LogP contribution in [0.4, 0.5) is 4.79 Å². The first-order chi connectivity index (χ1) is 8.91. The van der Waals surface area contributed by atoms with Gasteiger partial charge in [-0.05, 0) is 18.3 Å². The summed E-state index contributed by atoms with van der Waals surface area (Å²) in [4.78, 5) is 24.5. The average Bonchev–Trinajstić information content (AvgIpc) is 2.38. The molecule has 1 aliphatic heterocycles. The van der Waals surface area contributed by atoms with Crippen molar-refractivity contribution < 1.29 is 19.8 Å². The number of urea groups is 1. The molecule has 1 atom stereocenters. The highest BCUT2D eigenvalue weighted by Gasteiger charge is 2.31. The standard InChI is InChI=1S/C13H24N2O4/c1-3-13(2)5-7-15(8-6-13)12(19)14-10(4-9-16)11(17)18/h10,16H,3-9H2,1-2H3,(H,14,19)(H,17,18)/t10-/m1/s1. The molecule has 0 aromatic carbocycles. The van der Waals surface area contributed by atoms with Crippen LogP contribution in [0, 0.1) is 5.41 Å². The molecule has 0 bridgehead atoms. The molecule has 0 spiro atoms. The van der Waals surface area contributed by atoms with Crippen LogP contribution in [0.3, 0.4) is 0 Å². The molecule has 0 radical (unpaired) electrons. The van der Waals surface area contributed by atoms with Crippen LogP contribution in [0.1, 0.15) is 39.5 Å². The summed E-state index contributed by atoms with van der Waals surface area (Å²) >= 11 is 0. The Kier molecular flexibility index (Phi) is 5.60. The molecule has 0 aliphatic carbocycles. The lowest BCUT2D eigenvalue weighted by Crippen LogP contribution is -2.51. The maximum absolute atomic E-state index is 12.0. The topological polar surface area (TPSA) is 89.9 Å². The summed E-state index contributed by atoms with van der Waals surface area (Å²) in [5, 5.41) is 20.2. The molecule has 6 nitrogen and oxygen atoms in total. The van der Waals surface area contributed by atoms with Gasteiger partial charge in [0, 0.05) is 26.1 Å². The number of carboxylic acid groups (broad SMARTS) is 1. The molecule has 110 valence electrons. The molecular formula is C13H24N2O4. The van der Waals surface area contributed by atoms with E-state index in [4.69, 9.17) is 10.2 Å². The number of aliphatic hydroxyl groups excluding tert-OH is 1. The molecule has 2 amide bonds. The van der Waals surface area contributed by atoms with Gasteiger partial charge in [-0.15, -0.1) is 0 Å². The Hall–Kier alpha value is -1.30. The lowest BCUT2D eigenvalue weighted by atomic mass is 9.78. The normalized spacial score (nSPS) is 19.8. The van der Waals surface area contributed by atoms with Crippen LogP contribution in [-0.2, 0) is 4.79 Å². The molecule has 6 heteroatoms. The van der Waals surface area contributed by atoms with Crippen LogP contribution in [0.5, 0.6) is 0 Å². The fourth-order valence-corrected chi connectivity index (χ4v) is 2.23. The SMILES string of the molecule is CCC1(C)CCN(C(=O)N[C@H](CCO)C(=O)O)CC1. The highest BCUT2D eigenvalue weighted by molar-refractivity contribution is 5.82. The van der Waals surface area contributed by atoms with Crippen molar-refractivity contribution in [2.24, 2.45) is 5.41 Å². The Morgan fingerprint density at radius 2 is 1.95 bits per heavy atom. The van der Waals surface area contributed by atoms with Gasteiger partial charge in [-0.2, -0.15) is 0 Å². The molecule has 0 saturated carbocycles. The number of amides is 2. The summed E-state index contributed by atoms with van der Waals surface area (Å²) in [5.74, 6) is -1.11. The first kappa shape index (κ1) is 15.8. The monoisotopic (exact) mass is 272 g/mol. The fraction of sp³-hybridized carbons (Fsp3) is 0.846. The van der Waals surface area contributed by atoms with Crippen molar-refractivity contribution >= 4 is 12.0 Å². The van der Waals surface area contributed by atoms with Crippen LogP contribution in [0.15, 0.2) is 0 Å². The maximum atomic E-state index is 12.0. The molecule has 0 aromatic rings. The van der Waals surface area contributed by atoms with Gasteiger partial charge < -0.3 is 20.4 Å². The summed E-state index contributed by atoms with van der Waals surface area (Å²) in [6.07, 6.45) is 3.00. The number of likely N-dealkylation sites (tertiary alicyclic amines) is 1. The minimum Gasteiger partial charge on any atom is -0.480 e. The van der Waals surface area contributed by atoms with Gasteiger partial charge in [-0.25, -0.2) is 9.59 Å². The Morgan fingerprint density at radius 1 is 1.37 bits per heavy atom. The van der Waals surface area contributed by atoms with E-state index in [0.29, 0.717) is 13.1 Å². The van der Waals surface area contributed by atoms with Crippen molar-refractivity contribution in [2.75, 3.05) is 19.7 Å². The molecule has 3 N–H and O–H groups in total. The van der Waals surface area contributed by atoms with Gasteiger partial charge in [0.1, 0.15) is 6.04 Å². The second-order valence-corrected chi connectivity index (χ2v) is 5.50. The van der Waals surface area contributed by atoms with Crippen LogP contribution in [-0.4, -0.2) is 52.9 Å². The van der Waals surface area contributed by atoms with Crippen molar-refractivity contribution in [1.82, 2.24) is 10.2 Å². The molecule has 1 saturated heterocycles. The number of hydrogen-bond acceptors (Lipinski definition) is 3. The summed E-state index contributed by atoms with van der Waals surface area (Å²) in [7, 11) is 0. The fourth-order valence-electron chi connectivity index (χ4n) is 2.23. The predicted octanol–water partition coefficient (Wildman–Crippen LogP) is 1.04. The quantitative estimate of drug-likeness (QED) is 0.697. The Bertz CT molecular complexity index is 325. The van der Waals surface area contributed by atoms with E-state index in [1.807, 2.05) is 0 Å². The summed E-state index contributed by atoms with van der Waals surface area (Å²) in [5.41, 5.74) is 0.286. The number of piperidine rings is 1. The highest BCUT2D eigenvalue weighted by atomic mass is 16.4. The number of carboxylic acids is 1. The molecule has 1 aliphatic rings. The van der Waals surface area contributed by atoms with Crippen LogP contribution in [0.2, 0.25) is 0 Å². The maximum Gasteiger partial charge on any atom is 0.326 e. The molecule has 1 heterocycles. The summed E-state index contributed by atoms with van der Waals surface area (Å²) in [6.45, 7) is 5.42. The number of nitrogens with one attached hydrogen (secondary N) is 1. The highest BCUT2D eigenvalue weighted by Crippen LogP contribution is 2.33. The minimum absolute atomic E-state index is 0.0294. The van der Waals surface area contributed by atoms with Crippen molar-refractivity contribution in [3.8, 4) is 0 Å². The zero-order valence-corrected chi connectivity index (χ0v) is 11.7. The van der Waals surface area contributed by atoms with E-state index in [1.165, 1.54) is 0 Å². The van der Waals surface area contributed by atoms with E-state index in [0.717, 1.165) is 19.3 Å². The van der Waals surface area contributed by atoms with Gasteiger partial charge in [0.05, 0.1) is 0 Å². The second-order valence-electron chi connectivity index (χ2n) is 5.50. The van der Waals surface area contributed by atoms with E-state index >= 15 is 0 Å². The third kappa shape index (κ3) is 4.38. The number of rotatable bonds is 5. The third-order valence-electron chi connectivity index (χ3n) is 4.12. The largest absolute Gasteiger partial charge is 0.480 e.